The van der Waals surface area contributed by atoms with Crippen LogP contribution in [0.5, 0.6) is 0 Å². The summed E-state index contributed by atoms with van der Waals surface area (Å²) >= 11 is 11.2. The van der Waals surface area contributed by atoms with Gasteiger partial charge in [0.15, 0.2) is 0 Å². The van der Waals surface area contributed by atoms with Crippen LogP contribution in [0.4, 0.5) is 11.4 Å². The van der Waals surface area contributed by atoms with Gasteiger partial charge in [-0.1, -0.05) is 42.0 Å². The molecule has 19 heavy (non-hydrogen) atoms. The minimum absolute atomic E-state index is 0.315. The van der Waals surface area contributed by atoms with E-state index < -0.39 is 0 Å². The van der Waals surface area contributed by atoms with Crippen LogP contribution in [0.15, 0.2) is 42.5 Å². The Kier molecular flexibility index (Phi) is 4.08. The molecule has 2 aromatic carbocycles. The zero-order chi connectivity index (χ0) is 14.0. The van der Waals surface area contributed by atoms with Crippen LogP contribution in [0, 0.1) is 6.92 Å². The molecule has 2 rings (SSSR count). The van der Waals surface area contributed by atoms with E-state index in [0.717, 1.165) is 11.4 Å². The van der Waals surface area contributed by atoms with E-state index in [2.05, 4.69) is 24.0 Å². The van der Waals surface area contributed by atoms with Crippen molar-refractivity contribution in [1.29, 1.82) is 0 Å². The maximum absolute atomic E-state index is 6.20. The Hall–Kier alpha value is -1.58. The molecule has 0 saturated heterocycles. The van der Waals surface area contributed by atoms with Crippen molar-refractivity contribution in [3.8, 4) is 0 Å². The highest BCUT2D eigenvalue weighted by Crippen LogP contribution is 2.29. The molecule has 0 heterocycles. The van der Waals surface area contributed by atoms with Crippen molar-refractivity contribution >= 4 is 40.2 Å². The van der Waals surface area contributed by atoms with Gasteiger partial charge in [0.1, 0.15) is 4.99 Å². The lowest BCUT2D eigenvalue weighted by Crippen LogP contribution is -2.13. The number of benzene rings is 2. The maximum atomic E-state index is 6.20. The van der Waals surface area contributed by atoms with Gasteiger partial charge in [0.25, 0.3) is 0 Å². The summed E-state index contributed by atoms with van der Waals surface area (Å²) in [4.78, 5) is 2.40. The second kappa shape index (κ2) is 5.59. The van der Waals surface area contributed by atoms with Gasteiger partial charge < -0.3 is 10.6 Å². The summed E-state index contributed by atoms with van der Waals surface area (Å²) in [6, 6.07) is 13.9. The standard InChI is InChI=1S/C15H15ClN2S/c1-10-5-3-4-6-14(10)18(2)11-7-8-12(15(17)19)13(16)9-11/h3-9H,1-2H3,(H2,17,19). The lowest BCUT2D eigenvalue weighted by Gasteiger charge is -2.22. The van der Waals surface area contributed by atoms with Crippen molar-refractivity contribution < 1.29 is 0 Å². The largest absolute Gasteiger partial charge is 0.389 e. The number of nitrogens with zero attached hydrogens (tertiary/aromatic N) is 1. The van der Waals surface area contributed by atoms with Gasteiger partial charge in [-0.3, -0.25) is 0 Å². The van der Waals surface area contributed by atoms with Crippen molar-refractivity contribution in [2.75, 3.05) is 11.9 Å². The van der Waals surface area contributed by atoms with Gasteiger partial charge in [-0.25, -0.2) is 0 Å². The minimum atomic E-state index is 0.315. The van der Waals surface area contributed by atoms with Gasteiger partial charge in [-0.15, -0.1) is 0 Å². The van der Waals surface area contributed by atoms with Crippen LogP contribution in [-0.2, 0) is 0 Å². The lowest BCUT2D eigenvalue weighted by molar-refractivity contribution is 1.18. The first-order valence-electron chi connectivity index (χ1n) is 5.89. The molecule has 0 spiro atoms. The molecule has 2 N–H and O–H groups in total. The molecule has 0 bridgehead atoms. The van der Waals surface area contributed by atoms with Crippen molar-refractivity contribution in [1.82, 2.24) is 0 Å². The first-order chi connectivity index (χ1) is 9.00. The lowest BCUT2D eigenvalue weighted by atomic mass is 10.1. The number of rotatable bonds is 3. The zero-order valence-corrected chi connectivity index (χ0v) is 12.4. The van der Waals surface area contributed by atoms with E-state index in [-0.39, 0.29) is 0 Å². The Morgan fingerprint density at radius 1 is 1.21 bits per heavy atom. The van der Waals surface area contributed by atoms with Crippen molar-refractivity contribution in [3.63, 3.8) is 0 Å². The molecule has 0 unspecified atom stereocenters. The van der Waals surface area contributed by atoms with Gasteiger partial charge in [0, 0.05) is 24.0 Å². The fourth-order valence-electron chi connectivity index (χ4n) is 1.99. The number of hydrogen-bond acceptors (Lipinski definition) is 2. The predicted octanol–water partition coefficient (Wildman–Crippen LogP) is 4.05. The van der Waals surface area contributed by atoms with E-state index in [0.29, 0.717) is 15.6 Å². The Labute approximate surface area is 123 Å². The molecule has 0 fully saturated rings. The van der Waals surface area contributed by atoms with Crippen LogP contribution >= 0.6 is 23.8 Å². The third-order valence-electron chi connectivity index (χ3n) is 3.08. The van der Waals surface area contributed by atoms with Crippen molar-refractivity contribution in [2.24, 2.45) is 5.73 Å². The van der Waals surface area contributed by atoms with E-state index in [1.54, 1.807) is 0 Å². The van der Waals surface area contributed by atoms with Crippen LogP contribution in [0.25, 0.3) is 0 Å². The Morgan fingerprint density at radius 3 is 2.47 bits per heavy atom. The minimum Gasteiger partial charge on any atom is -0.389 e. The average Bonchev–Trinajstić information content (AvgIpc) is 2.38. The summed E-state index contributed by atoms with van der Waals surface area (Å²) in [6.45, 7) is 2.08. The first kappa shape index (κ1) is 13.8. The van der Waals surface area contributed by atoms with Crippen molar-refractivity contribution in [2.45, 2.75) is 6.92 Å². The van der Waals surface area contributed by atoms with Crippen LogP contribution in [-0.4, -0.2) is 12.0 Å². The third-order valence-corrected chi connectivity index (χ3v) is 3.61. The van der Waals surface area contributed by atoms with Gasteiger partial charge in [-0.2, -0.15) is 0 Å². The summed E-state index contributed by atoms with van der Waals surface area (Å²) in [6.07, 6.45) is 0. The van der Waals surface area contributed by atoms with E-state index in [9.17, 15) is 0 Å². The Bertz CT molecular complexity index is 625. The molecule has 0 aliphatic heterocycles. The fourth-order valence-corrected chi connectivity index (χ4v) is 2.50. The molecule has 0 saturated carbocycles. The van der Waals surface area contributed by atoms with Crippen LogP contribution < -0.4 is 10.6 Å². The number of halogens is 1. The van der Waals surface area contributed by atoms with Crippen LogP contribution in [0.3, 0.4) is 0 Å². The molecule has 0 aromatic heterocycles. The number of thiocarbonyl (C=S) groups is 1. The molecule has 98 valence electrons. The average molecular weight is 291 g/mol. The highest BCUT2D eigenvalue weighted by Gasteiger charge is 2.09. The summed E-state index contributed by atoms with van der Waals surface area (Å²) < 4.78 is 0. The highest BCUT2D eigenvalue weighted by atomic mass is 35.5. The number of para-hydroxylation sites is 1. The van der Waals surface area contributed by atoms with Crippen LogP contribution in [0.2, 0.25) is 5.02 Å². The van der Waals surface area contributed by atoms with Gasteiger partial charge in [0.05, 0.1) is 5.02 Å². The number of aryl methyl sites for hydroxylation is 1. The fraction of sp³-hybridized carbons (Fsp3) is 0.133. The Balaban J connectivity index is 2.40. The van der Waals surface area contributed by atoms with E-state index in [4.69, 9.17) is 29.6 Å². The molecule has 0 radical (unpaired) electrons. The van der Waals surface area contributed by atoms with E-state index in [1.807, 2.05) is 37.4 Å². The van der Waals surface area contributed by atoms with E-state index in [1.165, 1.54) is 5.56 Å². The van der Waals surface area contributed by atoms with Crippen molar-refractivity contribution in [3.05, 3.63) is 58.6 Å². The molecule has 2 nitrogen and oxygen atoms in total. The quantitative estimate of drug-likeness (QED) is 0.865. The molecular formula is C15H15ClN2S. The normalized spacial score (nSPS) is 10.3. The summed E-state index contributed by atoms with van der Waals surface area (Å²) in [5, 5.41) is 0.574. The van der Waals surface area contributed by atoms with E-state index >= 15 is 0 Å². The third kappa shape index (κ3) is 2.88. The summed E-state index contributed by atoms with van der Waals surface area (Å²) in [5.41, 5.74) is 9.66. The second-order valence-electron chi connectivity index (χ2n) is 4.37. The summed E-state index contributed by atoms with van der Waals surface area (Å²) in [5.74, 6) is 0. The summed E-state index contributed by atoms with van der Waals surface area (Å²) in [7, 11) is 2.01. The highest BCUT2D eigenvalue weighted by molar-refractivity contribution is 7.80. The number of anilines is 2. The molecule has 0 amide bonds. The smallest absolute Gasteiger partial charge is 0.105 e. The monoisotopic (exact) mass is 290 g/mol. The number of hydrogen-bond donors (Lipinski definition) is 1. The molecule has 2 aromatic rings. The maximum Gasteiger partial charge on any atom is 0.105 e. The van der Waals surface area contributed by atoms with Crippen LogP contribution in [0.1, 0.15) is 11.1 Å². The molecular weight excluding hydrogens is 276 g/mol. The molecule has 0 aliphatic rings. The Morgan fingerprint density at radius 2 is 1.89 bits per heavy atom. The second-order valence-corrected chi connectivity index (χ2v) is 5.22. The van der Waals surface area contributed by atoms with Gasteiger partial charge >= 0.3 is 0 Å². The predicted molar refractivity (Wildman–Crippen MR) is 86.6 cm³/mol. The van der Waals surface area contributed by atoms with Gasteiger partial charge in [0.2, 0.25) is 0 Å². The molecule has 0 aliphatic carbocycles. The molecule has 4 heteroatoms. The SMILES string of the molecule is Cc1ccccc1N(C)c1ccc(C(N)=S)c(Cl)c1. The topological polar surface area (TPSA) is 29.3 Å². The molecule has 0 atom stereocenters. The number of nitrogens with two attached hydrogens (primary N) is 1. The zero-order valence-electron chi connectivity index (χ0n) is 10.9. The van der Waals surface area contributed by atoms with Gasteiger partial charge in [-0.05, 0) is 36.8 Å². The first-order valence-corrected chi connectivity index (χ1v) is 6.68.